The van der Waals surface area contributed by atoms with Crippen molar-refractivity contribution in [2.75, 3.05) is 31.2 Å². The molecule has 0 N–H and O–H groups in total. The maximum atomic E-state index is 13.4. The summed E-state index contributed by atoms with van der Waals surface area (Å²) in [5.74, 6) is -0.849. The van der Waals surface area contributed by atoms with Crippen molar-refractivity contribution in [2.45, 2.75) is 19.3 Å². The maximum absolute atomic E-state index is 13.4. The molecule has 1 unspecified atom stereocenters. The molecule has 2 aromatic rings. The summed E-state index contributed by atoms with van der Waals surface area (Å²) >= 11 is 1.28. The van der Waals surface area contributed by atoms with E-state index in [9.17, 15) is 8.78 Å². The van der Waals surface area contributed by atoms with Crippen LogP contribution in [0.3, 0.4) is 0 Å². The van der Waals surface area contributed by atoms with Gasteiger partial charge in [0.1, 0.15) is 11.6 Å². The predicted molar refractivity (Wildman–Crippen MR) is 84.6 cm³/mol. The fourth-order valence-corrected chi connectivity index (χ4v) is 4.20. The van der Waals surface area contributed by atoms with Crippen LogP contribution in [0.1, 0.15) is 19.3 Å². The van der Waals surface area contributed by atoms with E-state index in [1.54, 1.807) is 0 Å². The summed E-state index contributed by atoms with van der Waals surface area (Å²) in [7, 11) is 0. The molecule has 23 heavy (non-hydrogen) atoms. The highest BCUT2D eigenvalue weighted by atomic mass is 32.1. The minimum absolute atomic E-state index is 0.231. The van der Waals surface area contributed by atoms with Gasteiger partial charge in [0.2, 0.25) is 5.13 Å². The number of ether oxygens (including phenoxy) is 1. The van der Waals surface area contributed by atoms with Gasteiger partial charge >= 0.3 is 0 Å². The molecule has 7 heteroatoms. The number of hydrogen-bond donors (Lipinski definition) is 0. The van der Waals surface area contributed by atoms with Crippen LogP contribution in [0.5, 0.6) is 0 Å². The highest BCUT2D eigenvalue weighted by Gasteiger charge is 2.39. The Morgan fingerprint density at radius 3 is 2.74 bits per heavy atom. The number of anilines is 1. The fourth-order valence-electron chi connectivity index (χ4n) is 3.49. The van der Waals surface area contributed by atoms with Gasteiger partial charge in [-0.05, 0) is 31.4 Å². The van der Waals surface area contributed by atoms with Crippen molar-refractivity contribution in [3.05, 3.63) is 29.8 Å². The Morgan fingerprint density at radius 2 is 2.00 bits per heavy atom. The van der Waals surface area contributed by atoms with Gasteiger partial charge in [0.05, 0.1) is 6.61 Å². The van der Waals surface area contributed by atoms with Crippen molar-refractivity contribution in [2.24, 2.45) is 5.41 Å². The van der Waals surface area contributed by atoms with E-state index in [2.05, 4.69) is 14.3 Å². The Balaban J connectivity index is 1.57. The summed E-state index contributed by atoms with van der Waals surface area (Å²) in [6.07, 6.45) is 3.38. The van der Waals surface area contributed by atoms with Crippen molar-refractivity contribution in [1.82, 2.24) is 9.36 Å². The Kier molecular flexibility index (Phi) is 3.77. The molecule has 122 valence electrons. The first kappa shape index (κ1) is 15.0. The van der Waals surface area contributed by atoms with Crippen molar-refractivity contribution in [3.8, 4) is 11.4 Å². The molecule has 2 saturated heterocycles. The Morgan fingerprint density at radius 1 is 1.17 bits per heavy atom. The highest BCUT2D eigenvalue weighted by Crippen LogP contribution is 2.39. The summed E-state index contributed by atoms with van der Waals surface area (Å²) in [5.41, 5.74) is 0.607. The van der Waals surface area contributed by atoms with Gasteiger partial charge in [0.25, 0.3) is 0 Å². The van der Waals surface area contributed by atoms with Gasteiger partial charge in [0, 0.05) is 48.3 Å². The summed E-state index contributed by atoms with van der Waals surface area (Å²) in [5, 5.41) is 0.815. The van der Waals surface area contributed by atoms with Crippen LogP contribution < -0.4 is 4.90 Å². The van der Waals surface area contributed by atoms with Crippen LogP contribution in [0.15, 0.2) is 18.2 Å². The molecular formula is C16H17F2N3OS. The van der Waals surface area contributed by atoms with E-state index in [4.69, 9.17) is 4.74 Å². The van der Waals surface area contributed by atoms with Gasteiger partial charge in [-0.15, -0.1) is 0 Å². The molecule has 0 aliphatic carbocycles. The van der Waals surface area contributed by atoms with Crippen LogP contribution in [-0.2, 0) is 4.74 Å². The number of benzene rings is 1. The summed E-state index contributed by atoms with van der Waals surface area (Å²) in [6.45, 7) is 3.50. The van der Waals surface area contributed by atoms with Crippen LogP contribution >= 0.6 is 11.5 Å². The third-order valence-corrected chi connectivity index (χ3v) is 5.43. The third kappa shape index (κ3) is 2.95. The Hall–Kier alpha value is -1.60. The zero-order chi connectivity index (χ0) is 15.9. The van der Waals surface area contributed by atoms with E-state index < -0.39 is 11.6 Å². The third-order valence-electron chi connectivity index (χ3n) is 4.65. The van der Waals surface area contributed by atoms with Crippen molar-refractivity contribution < 1.29 is 13.5 Å². The van der Waals surface area contributed by atoms with E-state index >= 15 is 0 Å². The minimum Gasteiger partial charge on any atom is -0.381 e. The predicted octanol–water partition coefficient (Wildman–Crippen LogP) is 3.49. The van der Waals surface area contributed by atoms with Gasteiger partial charge in [-0.25, -0.2) is 8.78 Å². The average Bonchev–Trinajstić information content (AvgIpc) is 3.16. The molecule has 4 rings (SSSR count). The lowest BCUT2D eigenvalue weighted by molar-refractivity contribution is 0.139. The largest absolute Gasteiger partial charge is 0.381 e. The van der Waals surface area contributed by atoms with Gasteiger partial charge < -0.3 is 9.64 Å². The van der Waals surface area contributed by atoms with E-state index in [0.717, 1.165) is 50.3 Å². The SMILES string of the molecule is Fc1cc(F)cc(-c2nsc(N3CCCC4(CCOC4)C3)n2)c1. The second-order valence-corrected chi connectivity index (χ2v) is 7.12. The van der Waals surface area contributed by atoms with Gasteiger partial charge in [-0.1, -0.05) is 0 Å². The van der Waals surface area contributed by atoms with Crippen molar-refractivity contribution >= 4 is 16.7 Å². The molecule has 0 saturated carbocycles. The maximum Gasteiger partial charge on any atom is 0.205 e. The molecule has 2 fully saturated rings. The highest BCUT2D eigenvalue weighted by molar-refractivity contribution is 7.09. The molecule has 2 aliphatic heterocycles. The molecule has 0 bridgehead atoms. The number of nitrogens with zero attached hydrogens (tertiary/aromatic N) is 3. The molecule has 1 spiro atoms. The molecule has 1 atom stereocenters. The standard InChI is InChI=1S/C16H17F2N3OS/c17-12-6-11(7-13(18)8-12)14-19-15(23-20-14)21-4-1-2-16(9-21)3-5-22-10-16/h6-8H,1-5,9-10H2. The molecule has 4 nitrogen and oxygen atoms in total. The first-order chi connectivity index (χ1) is 11.1. The summed E-state index contributed by atoms with van der Waals surface area (Å²) < 4.78 is 36.6. The minimum atomic E-state index is -0.614. The smallest absolute Gasteiger partial charge is 0.205 e. The number of rotatable bonds is 2. The first-order valence-electron chi connectivity index (χ1n) is 7.77. The second-order valence-electron chi connectivity index (χ2n) is 6.39. The molecule has 3 heterocycles. The van der Waals surface area contributed by atoms with Gasteiger partial charge in [-0.3, -0.25) is 0 Å². The first-order valence-corrected chi connectivity index (χ1v) is 8.54. The normalized spacial score (nSPS) is 24.5. The van der Waals surface area contributed by atoms with Crippen LogP contribution in [0.4, 0.5) is 13.9 Å². The Bertz CT molecular complexity index is 695. The molecule has 0 amide bonds. The number of halogens is 2. The average molecular weight is 337 g/mol. The number of piperidine rings is 1. The molecule has 1 aromatic heterocycles. The molecule has 2 aliphatic rings. The fraction of sp³-hybridized carbons (Fsp3) is 0.500. The monoisotopic (exact) mass is 337 g/mol. The quantitative estimate of drug-likeness (QED) is 0.841. The van der Waals surface area contributed by atoms with Crippen LogP contribution in [0.25, 0.3) is 11.4 Å². The molecular weight excluding hydrogens is 320 g/mol. The summed E-state index contributed by atoms with van der Waals surface area (Å²) in [6, 6.07) is 3.38. The second kappa shape index (κ2) is 5.79. The van der Waals surface area contributed by atoms with E-state index in [0.29, 0.717) is 11.4 Å². The molecule has 1 aromatic carbocycles. The van der Waals surface area contributed by atoms with E-state index in [1.807, 2.05) is 0 Å². The topological polar surface area (TPSA) is 38.2 Å². The van der Waals surface area contributed by atoms with Crippen LogP contribution in [0.2, 0.25) is 0 Å². The van der Waals surface area contributed by atoms with Crippen molar-refractivity contribution in [3.63, 3.8) is 0 Å². The summed E-state index contributed by atoms with van der Waals surface area (Å²) in [4.78, 5) is 6.73. The van der Waals surface area contributed by atoms with Crippen LogP contribution in [-0.4, -0.2) is 35.7 Å². The zero-order valence-corrected chi connectivity index (χ0v) is 13.4. The number of hydrogen-bond acceptors (Lipinski definition) is 5. The van der Waals surface area contributed by atoms with Crippen LogP contribution in [0, 0.1) is 17.0 Å². The lowest BCUT2D eigenvalue weighted by Gasteiger charge is -2.39. The lowest BCUT2D eigenvalue weighted by Crippen LogP contribution is -2.43. The number of aromatic nitrogens is 2. The van der Waals surface area contributed by atoms with Gasteiger partial charge in [-0.2, -0.15) is 9.36 Å². The van der Waals surface area contributed by atoms with E-state index in [1.165, 1.54) is 30.1 Å². The Labute approximate surface area is 137 Å². The van der Waals surface area contributed by atoms with Gasteiger partial charge in [0.15, 0.2) is 5.82 Å². The van der Waals surface area contributed by atoms with E-state index in [-0.39, 0.29) is 5.41 Å². The zero-order valence-electron chi connectivity index (χ0n) is 12.6. The molecule has 0 radical (unpaired) electrons. The van der Waals surface area contributed by atoms with Crippen molar-refractivity contribution in [1.29, 1.82) is 0 Å². The lowest BCUT2D eigenvalue weighted by atomic mass is 9.79.